The van der Waals surface area contributed by atoms with Crippen LogP contribution >= 0.6 is 11.6 Å². The molecule has 5 rings (SSSR count). The molecule has 1 spiro atoms. The van der Waals surface area contributed by atoms with Crippen molar-refractivity contribution in [1.29, 1.82) is 0 Å². The number of alkyl halides is 2. The fourth-order valence-corrected chi connectivity index (χ4v) is 6.26. The van der Waals surface area contributed by atoms with Crippen LogP contribution < -0.4 is 4.90 Å². The Morgan fingerprint density at radius 1 is 1.19 bits per heavy atom. The van der Waals surface area contributed by atoms with Crippen molar-refractivity contribution in [2.24, 2.45) is 5.41 Å². The molecule has 0 saturated carbocycles. The van der Waals surface area contributed by atoms with E-state index in [0.29, 0.717) is 48.2 Å². The molecule has 0 bridgehead atoms. The van der Waals surface area contributed by atoms with E-state index in [1.165, 1.54) is 16.6 Å². The standard InChI is InChI=1S/C19H19ClF2N6O2S/c20-13-2-1-3-14(6-13)31(29,30)27-11-19(12-27)4-5-26(10-19)17-8-23-15-7-24-28(9-16(21)22)18(15)25-17/h1-3,6-8,16H,4-5,9-12H2. The van der Waals surface area contributed by atoms with Gasteiger partial charge in [-0.3, -0.25) is 0 Å². The van der Waals surface area contributed by atoms with Crippen LogP contribution in [-0.2, 0) is 16.6 Å². The van der Waals surface area contributed by atoms with Gasteiger partial charge in [0.05, 0.1) is 17.3 Å². The number of anilines is 1. The lowest BCUT2D eigenvalue weighted by Gasteiger charge is -2.46. The van der Waals surface area contributed by atoms with Gasteiger partial charge in [0.25, 0.3) is 6.43 Å². The molecule has 0 unspecified atom stereocenters. The zero-order valence-electron chi connectivity index (χ0n) is 16.3. The van der Waals surface area contributed by atoms with E-state index in [-0.39, 0.29) is 10.3 Å². The Balaban J connectivity index is 1.31. The molecule has 0 aliphatic carbocycles. The highest BCUT2D eigenvalue weighted by Crippen LogP contribution is 2.43. The first kappa shape index (κ1) is 20.5. The predicted molar refractivity (Wildman–Crippen MR) is 111 cm³/mol. The highest BCUT2D eigenvalue weighted by Gasteiger charge is 2.52. The number of aromatic nitrogens is 4. The second kappa shape index (κ2) is 7.35. The SMILES string of the molecule is O=S(=O)(c1cccc(Cl)c1)N1CC2(CCN(c3cnc4cnn(CC(F)F)c4n3)C2)C1. The third kappa shape index (κ3) is 3.64. The van der Waals surface area contributed by atoms with Crippen molar-refractivity contribution in [1.82, 2.24) is 24.1 Å². The van der Waals surface area contributed by atoms with Gasteiger partial charge in [0.15, 0.2) is 5.65 Å². The minimum atomic E-state index is -3.59. The van der Waals surface area contributed by atoms with Crippen LogP contribution in [0.1, 0.15) is 6.42 Å². The van der Waals surface area contributed by atoms with Gasteiger partial charge in [0, 0.05) is 36.6 Å². The molecule has 2 fully saturated rings. The third-order valence-corrected chi connectivity index (χ3v) is 7.89. The lowest BCUT2D eigenvalue weighted by atomic mass is 9.81. The Bertz CT molecular complexity index is 1250. The van der Waals surface area contributed by atoms with E-state index in [4.69, 9.17) is 11.6 Å². The number of hydrogen-bond acceptors (Lipinski definition) is 6. The maximum atomic E-state index is 12.9. The first-order valence-corrected chi connectivity index (χ1v) is 11.6. The molecular formula is C19H19ClF2N6O2S. The zero-order valence-corrected chi connectivity index (χ0v) is 17.9. The molecular weight excluding hydrogens is 450 g/mol. The summed E-state index contributed by atoms with van der Waals surface area (Å²) in [6.45, 7) is 1.60. The lowest BCUT2D eigenvalue weighted by Crippen LogP contribution is -2.59. The highest BCUT2D eigenvalue weighted by molar-refractivity contribution is 7.89. The van der Waals surface area contributed by atoms with E-state index >= 15 is 0 Å². The fraction of sp³-hybridized carbons (Fsp3) is 0.421. The van der Waals surface area contributed by atoms with Gasteiger partial charge in [-0.1, -0.05) is 17.7 Å². The third-order valence-electron chi connectivity index (χ3n) is 5.86. The topological polar surface area (TPSA) is 84.2 Å². The van der Waals surface area contributed by atoms with Crippen LogP contribution in [0.3, 0.4) is 0 Å². The summed E-state index contributed by atoms with van der Waals surface area (Å²) in [7, 11) is -3.59. The van der Waals surface area contributed by atoms with Crippen molar-refractivity contribution in [3.05, 3.63) is 41.7 Å². The second-order valence-electron chi connectivity index (χ2n) is 8.06. The van der Waals surface area contributed by atoms with Crippen LogP contribution in [0.25, 0.3) is 11.2 Å². The quantitative estimate of drug-likeness (QED) is 0.572. The summed E-state index contributed by atoms with van der Waals surface area (Å²) in [5, 5.41) is 4.32. The van der Waals surface area contributed by atoms with Gasteiger partial charge in [-0.15, -0.1) is 0 Å². The highest BCUT2D eigenvalue weighted by atomic mass is 35.5. The summed E-state index contributed by atoms with van der Waals surface area (Å²) < 4.78 is 53.9. The summed E-state index contributed by atoms with van der Waals surface area (Å²) in [6, 6.07) is 6.25. The molecule has 0 radical (unpaired) electrons. The monoisotopic (exact) mass is 468 g/mol. The minimum absolute atomic E-state index is 0.161. The van der Waals surface area contributed by atoms with Crippen molar-refractivity contribution in [2.45, 2.75) is 24.3 Å². The average molecular weight is 469 g/mol. The van der Waals surface area contributed by atoms with Crippen molar-refractivity contribution in [2.75, 3.05) is 31.1 Å². The number of hydrogen-bond donors (Lipinski definition) is 0. The summed E-state index contributed by atoms with van der Waals surface area (Å²) in [5.74, 6) is 0.580. The molecule has 2 aliphatic rings. The molecule has 1 aromatic carbocycles. The molecule has 0 N–H and O–H groups in total. The van der Waals surface area contributed by atoms with Gasteiger partial charge in [-0.25, -0.2) is 31.8 Å². The molecule has 164 valence electrons. The average Bonchev–Trinajstić information content (AvgIpc) is 3.31. The number of nitrogens with zero attached hydrogens (tertiary/aromatic N) is 6. The number of fused-ring (bicyclic) bond motifs is 1. The minimum Gasteiger partial charge on any atom is -0.355 e. The van der Waals surface area contributed by atoms with Gasteiger partial charge in [0.2, 0.25) is 10.0 Å². The predicted octanol–water partition coefficient (Wildman–Crippen LogP) is 2.65. The Hall–Kier alpha value is -2.37. The zero-order chi connectivity index (χ0) is 21.8. The fourth-order valence-electron chi connectivity index (χ4n) is 4.29. The van der Waals surface area contributed by atoms with Crippen LogP contribution in [0.2, 0.25) is 5.02 Å². The Morgan fingerprint density at radius 3 is 2.74 bits per heavy atom. The second-order valence-corrected chi connectivity index (χ2v) is 10.4. The Kier molecular flexibility index (Phi) is 4.87. The molecule has 2 aliphatic heterocycles. The van der Waals surface area contributed by atoms with Gasteiger partial charge >= 0.3 is 0 Å². The lowest BCUT2D eigenvalue weighted by molar-refractivity contribution is 0.0936. The van der Waals surface area contributed by atoms with Crippen LogP contribution in [0.15, 0.2) is 41.6 Å². The first-order valence-electron chi connectivity index (χ1n) is 9.73. The van der Waals surface area contributed by atoms with E-state index in [2.05, 4.69) is 15.1 Å². The van der Waals surface area contributed by atoms with E-state index in [9.17, 15) is 17.2 Å². The van der Waals surface area contributed by atoms with Gasteiger partial charge < -0.3 is 4.90 Å². The molecule has 3 aromatic rings. The molecule has 8 nitrogen and oxygen atoms in total. The van der Waals surface area contributed by atoms with Crippen molar-refractivity contribution in [3.8, 4) is 0 Å². The van der Waals surface area contributed by atoms with Crippen LogP contribution in [0.5, 0.6) is 0 Å². The maximum Gasteiger partial charge on any atom is 0.258 e. The molecule has 0 atom stereocenters. The summed E-state index contributed by atoms with van der Waals surface area (Å²) in [5.41, 5.74) is 0.615. The summed E-state index contributed by atoms with van der Waals surface area (Å²) in [6.07, 6.45) is 1.30. The molecule has 12 heteroatoms. The molecule has 2 saturated heterocycles. The largest absolute Gasteiger partial charge is 0.355 e. The molecule has 0 amide bonds. The number of sulfonamides is 1. The Labute approximate surface area is 182 Å². The van der Waals surface area contributed by atoms with Crippen LogP contribution in [0.4, 0.5) is 14.6 Å². The van der Waals surface area contributed by atoms with E-state index in [1.807, 2.05) is 4.90 Å². The van der Waals surface area contributed by atoms with E-state index in [1.54, 1.807) is 24.4 Å². The first-order chi connectivity index (χ1) is 14.8. The van der Waals surface area contributed by atoms with Crippen LogP contribution in [0, 0.1) is 5.41 Å². The number of halogens is 3. The maximum absolute atomic E-state index is 12.9. The van der Waals surface area contributed by atoms with Crippen molar-refractivity contribution >= 4 is 38.6 Å². The number of rotatable bonds is 5. The smallest absolute Gasteiger partial charge is 0.258 e. The van der Waals surface area contributed by atoms with Crippen LogP contribution in [-0.4, -0.2) is 65.1 Å². The summed E-state index contributed by atoms with van der Waals surface area (Å²) in [4.78, 5) is 11.0. The van der Waals surface area contributed by atoms with E-state index in [0.717, 1.165) is 11.1 Å². The van der Waals surface area contributed by atoms with E-state index < -0.39 is 23.0 Å². The normalized spacial score (nSPS) is 18.9. The van der Waals surface area contributed by atoms with Crippen molar-refractivity contribution in [3.63, 3.8) is 0 Å². The molecule has 2 aromatic heterocycles. The Morgan fingerprint density at radius 2 is 2.00 bits per heavy atom. The molecule has 4 heterocycles. The van der Waals surface area contributed by atoms with Gasteiger partial charge in [0.1, 0.15) is 17.9 Å². The molecule has 31 heavy (non-hydrogen) atoms. The van der Waals surface area contributed by atoms with Crippen molar-refractivity contribution < 1.29 is 17.2 Å². The summed E-state index contributed by atoms with van der Waals surface area (Å²) >= 11 is 5.95. The van der Waals surface area contributed by atoms with Gasteiger partial charge in [-0.2, -0.15) is 9.40 Å². The number of benzene rings is 1. The van der Waals surface area contributed by atoms with Gasteiger partial charge in [-0.05, 0) is 24.6 Å².